The molecule has 2 aliphatic heterocycles. The van der Waals surface area contributed by atoms with Gasteiger partial charge < -0.3 is 9.80 Å². The number of benzene rings is 1. The van der Waals surface area contributed by atoms with Crippen molar-refractivity contribution in [3.05, 3.63) is 28.2 Å². The van der Waals surface area contributed by atoms with E-state index in [1.54, 1.807) is 0 Å². The van der Waals surface area contributed by atoms with Gasteiger partial charge in [-0.05, 0) is 38.0 Å². The van der Waals surface area contributed by atoms with Crippen LogP contribution in [0, 0.1) is 0 Å². The molecule has 1 aromatic carbocycles. The predicted molar refractivity (Wildman–Crippen MR) is 101 cm³/mol. The summed E-state index contributed by atoms with van der Waals surface area (Å²) in [6, 6.07) is 4.22. The smallest absolute Gasteiger partial charge is 0.280 e. The van der Waals surface area contributed by atoms with Crippen LogP contribution in [0.2, 0.25) is 10.0 Å². The highest BCUT2D eigenvalue weighted by atomic mass is 35.5. The highest BCUT2D eigenvalue weighted by molar-refractivity contribution is 7.89. The second kappa shape index (κ2) is 8.02. The quantitative estimate of drug-likeness (QED) is 0.786. The summed E-state index contributed by atoms with van der Waals surface area (Å²) in [5, 5.41) is 0.552. The fraction of sp³-hybridized carbons (Fsp3) is 0.588. The van der Waals surface area contributed by atoms with Gasteiger partial charge in [-0.1, -0.05) is 23.2 Å². The maximum absolute atomic E-state index is 12.8. The molecular weight excluding hydrogens is 397 g/mol. The van der Waals surface area contributed by atoms with Crippen molar-refractivity contribution in [1.82, 2.24) is 9.21 Å². The zero-order valence-electron chi connectivity index (χ0n) is 14.7. The van der Waals surface area contributed by atoms with E-state index in [1.165, 1.54) is 22.5 Å². The summed E-state index contributed by atoms with van der Waals surface area (Å²) in [7, 11) is -3.60. The number of rotatable bonds is 4. The molecule has 0 unspecified atom stereocenters. The molecule has 2 heterocycles. The van der Waals surface area contributed by atoms with Gasteiger partial charge in [0.05, 0.1) is 41.1 Å². The molecule has 0 bridgehead atoms. The maximum Gasteiger partial charge on any atom is 0.280 e. The highest BCUT2D eigenvalue weighted by Crippen LogP contribution is 2.26. The van der Waals surface area contributed by atoms with Crippen LogP contribution < -0.4 is 4.90 Å². The number of quaternary nitrogens is 1. The summed E-state index contributed by atoms with van der Waals surface area (Å²) >= 11 is 11.8. The van der Waals surface area contributed by atoms with Gasteiger partial charge in [0.15, 0.2) is 6.04 Å². The van der Waals surface area contributed by atoms with Gasteiger partial charge in [0, 0.05) is 13.1 Å². The molecule has 1 aromatic rings. The summed E-state index contributed by atoms with van der Waals surface area (Å²) in [6.45, 7) is 5.62. The number of sulfonamides is 1. The van der Waals surface area contributed by atoms with Crippen LogP contribution in [0.1, 0.15) is 19.8 Å². The maximum atomic E-state index is 12.8. The summed E-state index contributed by atoms with van der Waals surface area (Å²) in [5.74, 6) is 0.179. The van der Waals surface area contributed by atoms with Gasteiger partial charge in [-0.15, -0.1) is 0 Å². The van der Waals surface area contributed by atoms with Crippen molar-refractivity contribution in [2.45, 2.75) is 30.7 Å². The molecule has 3 rings (SSSR count). The molecular formula is C17H24Cl2N3O3S+. The van der Waals surface area contributed by atoms with E-state index in [1.807, 2.05) is 11.8 Å². The summed E-state index contributed by atoms with van der Waals surface area (Å²) < 4.78 is 27.1. The second-order valence-corrected chi connectivity index (χ2v) is 9.64. The molecule has 0 aliphatic carbocycles. The normalized spacial score (nSPS) is 21.1. The van der Waals surface area contributed by atoms with Gasteiger partial charge >= 0.3 is 0 Å². The van der Waals surface area contributed by atoms with Crippen LogP contribution in [0.5, 0.6) is 0 Å². The van der Waals surface area contributed by atoms with Crippen molar-refractivity contribution in [1.29, 1.82) is 0 Å². The lowest BCUT2D eigenvalue weighted by molar-refractivity contribution is -0.918. The van der Waals surface area contributed by atoms with Crippen LogP contribution in [0.15, 0.2) is 23.1 Å². The first-order valence-corrected chi connectivity index (χ1v) is 11.1. The largest absolute Gasteiger partial charge is 0.338 e. The molecule has 26 heavy (non-hydrogen) atoms. The van der Waals surface area contributed by atoms with Gasteiger partial charge in [-0.2, -0.15) is 4.31 Å². The molecule has 1 amide bonds. The van der Waals surface area contributed by atoms with Crippen LogP contribution in [0.3, 0.4) is 0 Å². The Hall–Kier alpha value is -0.860. The molecule has 1 N–H and O–H groups in total. The van der Waals surface area contributed by atoms with E-state index in [0.29, 0.717) is 31.2 Å². The van der Waals surface area contributed by atoms with Crippen LogP contribution in [-0.2, 0) is 14.8 Å². The summed E-state index contributed by atoms with van der Waals surface area (Å²) in [5.41, 5.74) is 0. The number of carbonyl (C=O) groups excluding carboxylic acids is 1. The third kappa shape index (κ3) is 4.02. The number of carbonyl (C=O) groups is 1. The number of piperazine rings is 1. The zero-order chi connectivity index (χ0) is 18.9. The Kier molecular flexibility index (Phi) is 6.14. The molecule has 2 saturated heterocycles. The van der Waals surface area contributed by atoms with Crippen LogP contribution >= 0.6 is 23.2 Å². The van der Waals surface area contributed by atoms with Gasteiger partial charge in [0.1, 0.15) is 0 Å². The molecule has 0 radical (unpaired) electrons. The summed E-state index contributed by atoms with van der Waals surface area (Å²) in [6.07, 6.45) is 2.15. The minimum atomic E-state index is -3.60. The fourth-order valence-electron chi connectivity index (χ4n) is 3.62. The number of hydrogen-bond donors (Lipinski definition) is 1. The molecule has 9 heteroatoms. The Morgan fingerprint density at radius 2 is 1.69 bits per heavy atom. The van der Waals surface area contributed by atoms with E-state index in [4.69, 9.17) is 23.2 Å². The van der Waals surface area contributed by atoms with Gasteiger partial charge in [0.2, 0.25) is 10.0 Å². The highest BCUT2D eigenvalue weighted by Gasteiger charge is 2.36. The lowest BCUT2D eigenvalue weighted by atomic mass is 10.2. The van der Waals surface area contributed by atoms with E-state index in [-0.39, 0.29) is 21.9 Å². The number of amides is 1. The van der Waals surface area contributed by atoms with E-state index >= 15 is 0 Å². The number of likely N-dealkylation sites (tertiary alicyclic amines) is 1. The molecule has 0 saturated carbocycles. The van der Waals surface area contributed by atoms with E-state index in [0.717, 1.165) is 30.8 Å². The van der Waals surface area contributed by atoms with E-state index < -0.39 is 10.0 Å². The topological polar surface area (TPSA) is 62.1 Å². The molecule has 2 fully saturated rings. The van der Waals surface area contributed by atoms with Crippen LogP contribution in [0.4, 0.5) is 0 Å². The minimum Gasteiger partial charge on any atom is -0.338 e. The molecule has 144 valence electrons. The van der Waals surface area contributed by atoms with E-state index in [2.05, 4.69) is 0 Å². The zero-order valence-corrected chi connectivity index (χ0v) is 17.1. The standard InChI is InChI=1S/C17H23Cl2N3O3S/c1-13(17(23)21-6-2-3-7-21)20-8-10-22(11-9-20)26(24,25)14-4-5-15(18)16(19)12-14/h4-5,12-13H,2-3,6-11H2,1H3/p+1/t13-/m0/s1. The third-order valence-electron chi connectivity index (χ3n) is 5.29. The van der Waals surface area contributed by atoms with Crippen molar-refractivity contribution < 1.29 is 18.1 Å². The number of hydrogen-bond acceptors (Lipinski definition) is 3. The molecule has 1 atom stereocenters. The average molecular weight is 421 g/mol. The van der Waals surface area contributed by atoms with Crippen molar-refractivity contribution in [3.63, 3.8) is 0 Å². The molecule has 0 aromatic heterocycles. The lowest BCUT2D eigenvalue weighted by Gasteiger charge is -2.35. The predicted octanol–water partition coefficient (Wildman–Crippen LogP) is 0.893. The molecule has 2 aliphatic rings. The summed E-state index contributed by atoms with van der Waals surface area (Å²) in [4.78, 5) is 15.8. The Labute approximate surface area is 164 Å². The Morgan fingerprint density at radius 1 is 1.08 bits per heavy atom. The van der Waals surface area contributed by atoms with Crippen molar-refractivity contribution in [3.8, 4) is 0 Å². The van der Waals surface area contributed by atoms with Crippen molar-refractivity contribution in [2.24, 2.45) is 0 Å². The van der Waals surface area contributed by atoms with Crippen molar-refractivity contribution in [2.75, 3.05) is 39.3 Å². The first kappa shape index (κ1) is 19.9. The second-order valence-electron chi connectivity index (χ2n) is 6.89. The number of halogens is 2. The molecule has 6 nitrogen and oxygen atoms in total. The van der Waals surface area contributed by atoms with E-state index in [9.17, 15) is 13.2 Å². The van der Waals surface area contributed by atoms with Crippen molar-refractivity contribution >= 4 is 39.1 Å². The van der Waals surface area contributed by atoms with Gasteiger partial charge in [0.25, 0.3) is 5.91 Å². The first-order valence-electron chi connectivity index (χ1n) is 8.89. The van der Waals surface area contributed by atoms with Crippen LogP contribution in [-0.4, -0.2) is 68.8 Å². The first-order chi connectivity index (χ1) is 12.3. The third-order valence-corrected chi connectivity index (χ3v) is 7.93. The Bertz CT molecular complexity index is 773. The Morgan fingerprint density at radius 3 is 2.27 bits per heavy atom. The molecule has 0 spiro atoms. The number of nitrogens with one attached hydrogen (secondary N) is 1. The van der Waals surface area contributed by atoms with Crippen LogP contribution in [0.25, 0.3) is 0 Å². The minimum absolute atomic E-state index is 0.136. The average Bonchev–Trinajstić information content (AvgIpc) is 3.17. The Balaban J connectivity index is 1.63. The number of nitrogens with zero attached hydrogens (tertiary/aromatic N) is 2. The monoisotopic (exact) mass is 420 g/mol. The van der Waals surface area contributed by atoms with Gasteiger partial charge in [-0.3, -0.25) is 4.79 Å². The lowest BCUT2D eigenvalue weighted by Crippen LogP contribution is -3.19. The fourth-order valence-corrected chi connectivity index (χ4v) is 5.45. The van der Waals surface area contributed by atoms with Gasteiger partial charge in [-0.25, -0.2) is 8.42 Å². The SMILES string of the molecule is C[C@@H](C(=O)N1CCCC1)[NH+]1CCN(S(=O)(=O)c2ccc(Cl)c(Cl)c2)CC1.